The lowest BCUT2D eigenvalue weighted by atomic mass is 9.94. The highest BCUT2D eigenvalue weighted by Gasteiger charge is 2.21. The quantitative estimate of drug-likeness (QED) is 0.446. The summed E-state index contributed by atoms with van der Waals surface area (Å²) in [5.74, 6) is 0.0588. The van der Waals surface area contributed by atoms with Gasteiger partial charge in [0.15, 0.2) is 0 Å². The summed E-state index contributed by atoms with van der Waals surface area (Å²) in [6.07, 6.45) is 5.07. The molecule has 0 atom stereocenters. The minimum atomic E-state index is -0.324. The highest BCUT2D eigenvalue weighted by Crippen LogP contribution is 2.32. The molecule has 162 valence electrons. The molecule has 0 aliphatic carbocycles. The van der Waals surface area contributed by atoms with Gasteiger partial charge in [-0.15, -0.1) is 0 Å². The first-order valence-corrected chi connectivity index (χ1v) is 10.6. The summed E-state index contributed by atoms with van der Waals surface area (Å²) < 4.78 is 5.49. The van der Waals surface area contributed by atoms with Gasteiger partial charge in [-0.05, 0) is 54.3 Å². The van der Waals surface area contributed by atoms with E-state index >= 15 is 0 Å². The van der Waals surface area contributed by atoms with Crippen molar-refractivity contribution in [1.82, 2.24) is 19.9 Å². The molecule has 0 saturated carbocycles. The van der Waals surface area contributed by atoms with Crippen molar-refractivity contribution < 1.29 is 14.6 Å². The minimum Gasteiger partial charge on any atom is -0.392 e. The minimum absolute atomic E-state index is 0.136. The van der Waals surface area contributed by atoms with E-state index in [2.05, 4.69) is 31.3 Å². The van der Waals surface area contributed by atoms with Crippen LogP contribution >= 0.6 is 0 Å². The summed E-state index contributed by atoms with van der Waals surface area (Å²) in [6, 6.07) is 12.9. The number of aliphatic hydroxyl groups excluding tert-OH is 1. The van der Waals surface area contributed by atoms with Crippen LogP contribution in [0.4, 0.5) is 5.69 Å². The fourth-order valence-corrected chi connectivity index (χ4v) is 4.04. The van der Waals surface area contributed by atoms with Gasteiger partial charge in [-0.1, -0.05) is 12.1 Å². The Morgan fingerprint density at radius 2 is 1.91 bits per heavy atom. The molecule has 4 heterocycles. The second-order valence-electron chi connectivity index (χ2n) is 7.83. The normalized spacial score (nSPS) is 14.5. The van der Waals surface area contributed by atoms with Gasteiger partial charge in [0, 0.05) is 42.1 Å². The summed E-state index contributed by atoms with van der Waals surface area (Å²) >= 11 is 0. The number of H-pyrrole nitrogens is 1. The molecular weight excluding hydrogens is 406 g/mol. The van der Waals surface area contributed by atoms with Crippen molar-refractivity contribution in [2.75, 3.05) is 18.5 Å². The van der Waals surface area contributed by atoms with Crippen molar-refractivity contribution in [3.63, 3.8) is 0 Å². The maximum absolute atomic E-state index is 12.5. The Morgan fingerprint density at radius 3 is 2.69 bits per heavy atom. The number of fused-ring (bicyclic) bond motifs is 1. The maximum Gasteiger partial charge on any atom is 0.274 e. The number of nitrogens with one attached hydrogen (secondary N) is 2. The topological polar surface area (TPSA) is 113 Å². The van der Waals surface area contributed by atoms with Crippen molar-refractivity contribution in [3.05, 3.63) is 71.9 Å². The molecule has 8 heteroatoms. The van der Waals surface area contributed by atoms with E-state index in [4.69, 9.17) is 4.74 Å². The summed E-state index contributed by atoms with van der Waals surface area (Å²) in [4.78, 5) is 28.9. The predicted molar refractivity (Wildman–Crippen MR) is 120 cm³/mol. The summed E-state index contributed by atoms with van der Waals surface area (Å²) in [6.45, 7) is 1.39. The van der Waals surface area contributed by atoms with E-state index in [1.54, 1.807) is 18.5 Å². The van der Waals surface area contributed by atoms with E-state index in [1.807, 2.05) is 24.3 Å². The zero-order valence-corrected chi connectivity index (χ0v) is 17.4. The largest absolute Gasteiger partial charge is 0.392 e. The standard InChI is InChI=1S/C24H23N5O3/c30-13-15-5-8-25-21(11-15)24(31)28-18-3-1-16(2-4-18)20-12-19-22(17-6-9-32-10-7-17)26-14-27-23(19)29-20/h1-5,8,11-12,14,17,30H,6-7,9-10,13H2,(H,28,31)(H,26,27,29). The Balaban J connectivity index is 1.36. The van der Waals surface area contributed by atoms with Gasteiger partial charge in [-0.25, -0.2) is 9.97 Å². The number of amides is 1. The van der Waals surface area contributed by atoms with Crippen LogP contribution in [0.1, 0.15) is 40.5 Å². The zero-order chi connectivity index (χ0) is 21.9. The molecular formula is C24H23N5O3. The first-order valence-electron chi connectivity index (χ1n) is 10.6. The number of hydrogen-bond acceptors (Lipinski definition) is 6. The van der Waals surface area contributed by atoms with E-state index in [0.29, 0.717) is 17.2 Å². The SMILES string of the molecule is O=C(Nc1ccc(-c2cc3c(C4CCOCC4)ncnc3[nH]2)cc1)c1cc(CO)ccn1. The lowest BCUT2D eigenvalue weighted by Gasteiger charge is -2.21. The molecule has 0 bridgehead atoms. The summed E-state index contributed by atoms with van der Waals surface area (Å²) in [7, 11) is 0. The molecule has 0 radical (unpaired) electrons. The van der Waals surface area contributed by atoms with Crippen LogP contribution < -0.4 is 5.32 Å². The molecule has 1 saturated heterocycles. The molecule has 5 rings (SSSR count). The summed E-state index contributed by atoms with van der Waals surface area (Å²) in [5, 5.41) is 13.1. The molecule has 0 unspecified atom stereocenters. The molecule has 4 aromatic rings. The smallest absolute Gasteiger partial charge is 0.274 e. The second-order valence-corrected chi connectivity index (χ2v) is 7.83. The van der Waals surface area contributed by atoms with Gasteiger partial charge in [0.1, 0.15) is 17.7 Å². The molecule has 1 aromatic carbocycles. The van der Waals surface area contributed by atoms with E-state index in [-0.39, 0.29) is 18.2 Å². The van der Waals surface area contributed by atoms with Gasteiger partial charge >= 0.3 is 0 Å². The molecule has 1 amide bonds. The molecule has 3 N–H and O–H groups in total. The third-order valence-corrected chi connectivity index (χ3v) is 5.76. The van der Waals surface area contributed by atoms with E-state index < -0.39 is 0 Å². The lowest BCUT2D eigenvalue weighted by molar-refractivity contribution is 0.0848. The van der Waals surface area contributed by atoms with Crippen LogP contribution in [0.15, 0.2) is 55.0 Å². The highest BCUT2D eigenvalue weighted by atomic mass is 16.5. The number of benzene rings is 1. The Morgan fingerprint density at radius 1 is 1.09 bits per heavy atom. The fourth-order valence-electron chi connectivity index (χ4n) is 4.04. The van der Waals surface area contributed by atoms with Crippen LogP contribution in [0.2, 0.25) is 0 Å². The first-order chi connectivity index (χ1) is 15.7. The number of aliphatic hydroxyl groups is 1. The number of ether oxygens (including phenoxy) is 1. The fraction of sp³-hybridized carbons (Fsp3) is 0.250. The Hall–Kier alpha value is -3.62. The van der Waals surface area contributed by atoms with Gasteiger partial charge < -0.3 is 20.1 Å². The van der Waals surface area contributed by atoms with Crippen molar-refractivity contribution in [3.8, 4) is 11.3 Å². The van der Waals surface area contributed by atoms with E-state index in [1.165, 1.54) is 6.20 Å². The number of aromatic amines is 1. The van der Waals surface area contributed by atoms with Crippen LogP contribution in [-0.4, -0.2) is 44.2 Å². The highest BCUT2D eigenvalue weighted by molar-refractivity contribution is 6.03. The predicted octanol–water partition coefficient (Wildman–Crippen LogP) is 3.66. The molecule has 8 nitrogen and oxygen atoms in total. The van der Waals surface area contributed by atoms with Crippen LogP contribution in [0.25, 0.3) is 22.3 Å². The number of nitrogens with zero attached hydrogens (tertiary/aromatic N) is 3. The molecule has 0 spiro atoms. The Labute approximate surface area is 184 Å². The average molecular weight is 429 g/mol. The Bertz CT molecular complexity index is 1250. The number of aromatic nitrogens is 4. The van der Waals surface area contributed by atoms with Gasteiger partial charge in [-0.2, -0.15) is 0 Å². The van der Waals surface area contributed by atoms with Crippen LogP contribution in [0, 0.1) is 0 Å². The monoisotopic (exact) mass is 429 g/mol. The third-order valence-electron chi connectivity index (χ3n) is 5.76. The van der Waals surface area contributed by atoms with Gasteiger partial charge in [0.2, 0.25) is 0 Å². The summed E-state index contributed by atoms with van der Waals surface area (Å²) in [5.41, 5.74) is 5.39. The van der Waals surface area contributed by atoms with E-state index in [0.717, 1.165) is 54.0 Å². The number of rotatable bonds is 5. The maximum atomic E-state index is 12.5. The van der Waals surface area contributed by atoms with Crippen molar-refractivity contribution >= 4 is 22.6 Å². The number of carbonyl (C=O) groups excluding carboxylic acids is 1. The molecule has 1 aliphatic heterocycles. The number of carbonyl (C=O) groups is 1. The molecule has 1 fully saturated rings. The lowest BCUT2D eigenvalue weighted by Crippen LogP contribution is -2.15. The molecule has 1 aliphatic rings. The van der Waals surface area contributed by atoms with Crippen LogP contribution in [-0.2, 0) is 11.3 Å². The van der Waals surface area contributed by atoms with Crippen molar-refractivity contribution in [2.45, 2.75) is 25.4 Å². The Kier molecular flexibility index (Phi) is 5.62. The molecule has 3 aromatic heterocycles. The number of pyridine rings is 1. The van der Waals surface area contributed by atoms with Crippen LogP contribution in [0.5, 0.6) is 0 Å². The second kappa shape index (κ2) is 8.86. The first kappa shape index (κ1) is 20.3. The molecule has 32 heavy (non-hydrogen) atoms. The zero-order valence-electron chi connectivity index (χ0n) is 17.4. The van der Waals surface area contributed by atoms with Crippen molar-refractivity contribution in [2.24, 2.45) is 0 Å². The number of hydrogen-bond donors (Lipinski definition) is 3. The van der Waals surface area contributed by atoms with Gasteiger partial charge in [0.05, 0.1) is 12.3 Å². The van der Waals surface area contributed by atoms with E-state index in [9.17, 15) is 9.90 Å². The van der Waals surface area contributed by atoms with Crippen LogP contribution in [0.3, 0.4) is 0 Å². The van der Waals surface area contributed by atoms with Gasteiger partial charge in [-0.3, -0.25) is 9.78 Å². The van der Waals surface area contributed by atoms with Gasteiger partial charge in [0.25, 0.3) is 5.91 Å². The number of anilines is 1. The average Bonchev–Trinajstić information content (AvgIpc) is 3.29. The third kappa shape index (κ3) is 4.10. The van der Waals surface area contributed by atoms with Crippen molar-refractivity contribution in [1.29, 1.82) is 0 Å².